The minimum Gasteiger partial charge on any atom is -0.398 e. The van der Waals surface area contributed by atoms with Gasteiger partial charge in [-0.15, -0.1) is 22.9 Å². The molecule has 0 saturated heterocycles. The SMILES string of the molecule is Nc1c(CO)c(CCl)cc2sccc12. The van der Waals surface area contributed by atoms with Crippen molar-refractivity contribution < 1.29 is 5.11 Å². The van der Waals surface area contributed by atoms with E-state index >= 15 is 0 Å². The lowest BCUT2D eigenvalue weighted by Crippen LogP contribution is -1.99. The number of thiophene rings is 1. The summed E-state index contributed by atoms with van der Waals surface area (Å²) >= 11 is 7.42. The number of fused-ring (bicyclic) bond motifs is 1. The van der Waals surface area contributed by atoms with Crippen LogP contribution < -0.4 is 5.73 Å². The first-order chi connectivity index (χ1) is 6.77. The Morgan fingerprint density at radius 3 is 2.93 bits per heavy atom. The van der Waals surface area contributed by atoms with E-state index in [0.29, 0.717) is 11.6 Å². The van der Waals surface area contributed by atoms with Crippen LogP contribution in [0.5, 0.6) is 0 Å². The molecule has 0 saturated carbocycles. The van der Waals surface area contributed by atoms with Gasteiger partial charge in [-0.3, -0.25) is 0 Å². The Labute approximate surface area is 90.9 Å². The summed E-state index contributed by atoms with van der Waals surface area (Å²) in [5.74, 6) is 0.383. The quantitative estimate of drug-likeness (QED) is 0.612. The third kappa shape index (κ3) is 1.38. The number of rotatable bonds is 2. The van der Waals surface area contributed by atoms with Gasteiger partial charge >= 0.3 is 0 Å². The van der Waals surface area contributed by atoms with E-state index in [9.17, 15) is 5.11 Å². The molecule has 3 N–H and O–H groups in total. The molecule has 0 atom stereocenters. The summed E-state index contributed by atoms with van der Waals surface area (Å²) in [5, 5.41) is 12.2. The van der Waals surface area contributed by atoms with Gasteiger partial charge in [-0.1, -0.05) is 0 Å². The van der Waals surface area contributed by atoms with Crippen molar-refractivity contribution in [3.63, 3.8) is 0 Å². The Hall–Kier alpha value is -0.770. The Kier molecular flexibility index (Phi) is 2.63. The van der Waals surface area contributed by atoms with Crippen LogP contribution in [-0.2, 0) is 12.5 Å². The average molecular weight is 228 g/mol. The Morgan fingerprint density at radius 2 is 2.29 bits per heavy atom. The van der Waals surface area contributed by atoms with E-state index in [1.807, 2.05) is 17.5 Å². The van der Waals surface area contributed by atoms with Crippen molar-refractivity contribution in [3.05, 3.63) is 28.6 Å². The van der Waals surface area contributed by atoms with Crippen molar-refractivity contribution in [2.45, 2.75) is 12.5 Å². The molecule has 2 rings (SSSR count). The fourth-order valence-electron chi connectivity index (χ4n) is 1.54. The second-order valence-electron chi connectivity index (χ2n) is 3.05. The topological polar surface area (TPSA) is 46.2 Å². The molecule has 2 nitrogen and oxygen atoms in total. The van der Waals surface area contributed by atoms with Crippen LogP contribution >= 0.6 is 22.9 Å². The fourth-order valence-corrected chi connectivity index (χ4v) is 2.65. The van der Waals surface area contributed by atoms with Gasteiger partial charge in [0.15, 0.2) is 0 Å². The zero-order valence-corrected chi connectivity index (χ0v) is 9.03. The molecule has 0 unspecified atom stereocenters. The van der Waals surface area contributed by atoms with Crippen LogP contribution in [0.3, 0.4) is 0 Å². The van der Waals surface area contributed by atoms with Gasteiger partial charge in [-0.05, 0) is 23.1 Å². The van der Waals surface area contributed by atoms with E-state index in [2.05, 4.69) is 0 Å². The average Bonchev–Trinajstić information content (AvgIpc) is 2.65. The minimum atomic E-state index is -0.0559. The molecular formula is C10H10ClNOS. The van der Waals surface area contributed by atoms with E-state index in [-0.39, 0.29) is 6.61 Å². The van der Waals surface area contributed by atoms with Gasteiger partial charge in [-0.2, -0.15) is 0 Å². The molecular weight excluding hydrogens is 218 g/mol. The molecule has 1 aromatic carbocycles. The smallest absolute Gasteiger partial charge is 0.0705 e. The predicted molar refractivity (Wildman–Crippen MR) is 61.7 cm³/mol. The lowest BCUT2D eigenvalue weighted by Gasteiger charge is -2.09. The number of halogens is 1. The molecule has 2 aromatic rings. The summed E-state index contributed by atoms with van der Waals surface area (Å²) in [6.07, 6.45) is 0. The summed E-state index contributed by atoms with van der Waals surface area (Å²) < 4.78 is 1.12. The van der Waals surface area contributed by atoms with Gasteiger partial charge in [0, 0.05) is 27.2 Å². The maximum absolute atomic E-state index is 9.19. The number of aliphatic hydroxyl groups is 1. The molecule has 0 aliphatic rings. The Bertz CT molecular complexity index is 466. The largest absolute Gasteiger partial charge is 0.398 e. The lowest BCUT2D eigenvalue weighted by molar-refractivity contribution is 0.282. The Balaban J connectivity index is 2.79. The van der Waals surface area contributed by atoms with Gasteiger partial charge in [-0.25, -0.2) is 0 Å². The monoisotopic (exact) mass is 227 g/mol. The van der Waals surface area contributed by atoms with Crippen LogP contribution in [0.1, 0.15) is 11.1 Å². The highest BCUT2D eigenvalue weighted by Crippen LogP contribution is 2.32. The molecule has 0 bridgehead atoms. The summed E-state index contributed by atoms with van der Waals surface area (Å²) in [6, 6.07) is 3.96. The first-order valence-corrected chi connectivity index (χ1v) is 5.63. The van der Waals surface area contributed by atoms with E-state index in [1.165, 1.54) is 0 Å². The molecule has 0 spiro atoms. The number of benzene rings is 1. The van der Waals surface area contributed by atoms with Gasteiger partial charge in [0.25, 0.3) is 0 Å². The van der Waals surface area contributed by atoms with Crippen LogP contribution in [0.25, 0.3) is 10.1 Å². The third-order valence-corrected chi connectivity index (χ3v) is 3.46. The standard InChI is InChI=1S/C10H10ClNOS/c11-4-6-3-9-7(1-2-14-9)10(12)8(6)5-13/h1-3,13H,4-5,12H2. The fraction of sp³-hybridized carbons (Fsp3) is 0.200. The van der Waals surface area contributed by atoms with Crippen LogP contribution in [-0.4, -0.2) is 5.11 Å². The summed E-state index contributed by atoms with van der Waals surface area (Å²) in [7, 11) is 0. The minimum absolute atomic E-state index is 0.0559. The van der Waals surface area contributed by atoms with Gasteiger partial charge in [0.05, 0.1) is 6.61 Å². The van der Waals surface area contributed by atoms with Crippen LogP contribution in [0, 0.1) is 0 Å². The molecule has 74 valence electrons. The number of alkyl halides is 1. The summed E-state index contributed by atoms with van der Waals surface area (Å²) in [4.78, 5) is 0. The highest BCUT2D eigenvalue weighted by molar-refractivity contribution is 7.17. The number of nitrogens with two attached hydrogens (primary N) is 1. The number of nitrogen functional groups attached to an aromatic ring is 1. The van der Waals surface area contributed by atoms with E-state index in [1.54, 1.807) is 11.3 Å². The van der Waals surface area contributed by atoms with E-state index in [0.717, 1.165) is 21.2 Å². The van der Waals surface area contributed by atoms with Crippen LogP contribution in [0.15, 0.2) is 17.5 Å². The first kappa shape index (κ1) is 9.77. The van der Waals surface area contributed by atoms with Crippen LogP contribution in [0.2, 0.25) is 0 Å². The third-order valence-electron chi connectivity index (χ3n) is 2.31. The van der Waals surface area contributed by atoms with Gasteiger partial charge in [0.2, 0.25) is 0 Å². The van der Waals surface area contributed by atoms with Gasteiger partial charge in [0.1, 0.15) is 0 Å². The summed E-state index contributed by atoms with van der Waals surface area (Å²) in [6.45, 7) is -0.0559. The van der Waals surface area contributed by atoms with Gasteiger partial charge < -0.3 is 10.8 Å². The second-order valence-corrected chi connectivity index (χ2v) is 4.27. The highest BCUT2D eigenvalue weighted by Gasteiger charge is 2.10. The number of hydrogen-bond donors (Lipinski definition) is 2. The van der Waals surface area contributed by atoms with Crippen molar-refractivity contribution in [2.24, 2.45) is 0 Å². The molecule has 0 amide bonds. The lowest BCUT2D eigenvalue weighted by atomic mass is 10.0. The zero-order valence-electron chi connectivity index (χ0n) is 7.46. The molecule has 1 aromatic heterocycles. The molecule has 0 fully saturated rings. The van der Waals surface area contributed by atoms with E-state index in [4.69, 9.17) is 17.3 Å². The second kappa shape index (κ2) is 3.77. The van der Waals surface area contributed by atoms with Crippen molar-refractivity contribution in [2.75, 3.05) is 5.73 Å². The molecule has 0 radical (unpaired) electrons. The zero-order chi connectivity index (χ0) is 10.1. The molecule has 1 heterocycles. The highest BCUT2D eigenvalue weighted by atomic mass is 35.5. The summed E-state index contributed by atoms with van der Waals surface area (Å²) in [5.41, 5.74) is 8.27. The van der Waals surface area contributed by atoms with Crippen molar-refractivity contribution in [1.82, 2.24) is 0 Å². The number of aliphatic hydroxyl groups excluding tert-OH is 1. The molecule has 0 aliphatic carbocycles. The normalized spacial score (nSPS) is 11.0. The van der Waals surface area contributed by atoms with Crippen molar-refractivity contribution >= 4 is 38.7 Å². The maximum atomic E-state index is 9.19. The van der Waals surface area contributed by atoms with Crippen molar-refractivity contribution in [3.8, 4) is 0 Å². The Morgan fingerprint density at radius 1 is 1.50 bits per heavy atom. The van der Waals surface area contributed by atoms with Crippen molar-refractivity contribution in [1.29, 1.82) is 0 Å². The van der Waals surface area contributed by atoms with Crippen LogP contribution in [0.4, 0.5) is 5.69 Å². The molecule has 4 heteroatoms. The molecule has 0 aliphatic heterocycles. The first-order valence-electron chi connectivity index (χ1n) is 4.22. The number of hydrogen-bond acceptors (Lipinski definition) is 3. The predicted octanol–water partition coefficient (Wildman–Crippen LogP) is 2.71. The number of anilines is 1. The maximum Gasteiger partial charge on any atom is 0.0705 e. The molecule has 14 heavy (non-hydrogen) atoms. The van der Waals surface area contributed by atoms with E-state index < -0.39 is 0 Å².